The maximum absolute atomic E-state index is 12.2. The number of nitrogens with two attached hydrogens (primary N) is 2. The summed E-state index contributed by atoms with van der Waals surface area (Å²) in [4.78, 5) is 27.8. The number of rotatable bonds is 7. The van der Waals surface area contributed by atoms with E-state index in [-0.39, 0.29) is 12.4 Å². The molecule has 1 aromatic carbocycles. The molecule has 0 aliphatic carbocycles. The van der Waals surface area contributed by atoms with Gasteiger partial charge in [-0.1, -0.05) is 16.8 Å². The molecule has 2 aromatic rings. The molecule has 1 unspecified atom stereocenters. The van der Waals surface area contributed by atoms with Gasteiger partial charge in [-0.15, -0.1) is 0 Å². The smallest absolute Gasteiger partial charge is 0.359 e. The molecule has 1 atom stereocenters. The van der Waals surface area contributed by atoms with E-state index >= 15 is 0 Å². The molecule has 0 bridgehead atoms. The Morgan fingerprint density at radius 1 is 1.26 bits per heavy atom. The number of amides is 1. The number of aromatic nitrogens is 2. The highest BCUT2D eigenvalue weighted by atomic mass is 35.5. The van der Waals surface area contributed by atoms with Crippen LogP contribution >= 0.6 is 11.6 Å². The van der Waals surface area contributed by atoms with Crippen molar-refractivity contribution in [3.8, 4) is 5.75 Å². The van der Waals surface area contributed by atoms with Crippen LogP contribution in [0.2, 0.25) is 5.02 Å². The standard InChI is InChI=1S/C17H20ClN5O4/c1-9-15(18)10(2)23(21-9)11(3)17(25)27-22-16(20)12-4-6-13(7-5-12)26-8-14(19)24/h4-7,11H,8H2,1-3H3,(H2,19,24)(H2,20,22). The summed E-state index contributed by atoms with van der Waals surface area (Å²) < 4.78 is 6.61. The lowest BCUT2D eigenvalue weighted by atomic mass is 10.2. The maximum atomic E-state index is 12.2. The molecule has 0 fully saturated rings. The number of aryl methyl sites for hydroxylation is 1. The minimum absolute atomic E-state index is 0.00315. The van der Waals surface area contributed by atoms with Gasteiger partial charge in [0.2, 0.25) is 0 Å². The molecule has 27 heavy (non-hydrogen) atoms. The SMILES string of the molecule is Cc1nn(C(C)C(=O)O/N=C(\N)c2ccc(OCC(N)=O)cc2)c(C)c1Cl. The lowest BCUT2D eigenvalue weighted by Crippen LogP contribution is -2.22. The van der Waals surface area contributed by atoms with Crippen LogP contribution in [-0.4, -0.2) is 34.1 Å². The molecule has 0 saturated carbocycles. The number of hydrogen-bond acceptors (Lipinski definition) is 6. The summed E-state index contributed by atoms with van der Waals surface area (Å²) in [6, 6.07) is 5.66. The molecule has 0 spiro atoms. The molecule has 0 radical (unpaired) electrons. The van der Waals surface area contributed by atoms with Gasteiger partial charge in [0.05, 0.1) is 16.4 Å². The van der Waals surface area contributed by atoms with Crippen molar-refractivity contribution in [2.45, 2.75) is 26.8 Å². The van der Waals surface area contributed by atoms with Crippen molar-refractivity contribution in [2.75, 3.05) is 6.61 Å². The second-order valence-corrected chi connectivity index (χ2v) is 6.15. The lowest BCUT2D eigenvalue weighted by Gasteiger charge is -2.11. The Hall–Kier alpha value is -3.07. The average molecular weight is 394 g/mol. The number of carbonyl (C=O) groups is 2. The molecule has 1 heterocycles. The molecule has 144 valence electrons. The summed E-state index contributed by atoms with van der Waals surface area (Å²) >= 11 is 6.09. The number of hydrogen-bond donors (Lipinski definition) is 2. The monoisotopic (exact) mass is 393 g/mol. The fourth-order valence-electron chi connectivity index (χ4n) is 2.22. The topological polar surface area (TPSA) is 135 Å². The van der Waals surface area contributed by atoms with Crippen molar-refractivity contribution in [1.82, 2.24) is 9.78 Å². The van der Waals surface area contributed by atoms with Gasteiger partial charge in [-0.25, -0.2) is 4.79 Å². The number of ether oxygens (including phenoxy) is 1. The van der Waals surface area contributed by atoms with Crippen molar-refractivity contribution in [2.24, 2.45) is 16.6 Å². The lowest BCUT2D eigenvalue weighted by molar-refractivity contribution is -0.147. The third kappa shape index (κ3) is 4.98. The second-order valence-electron chi connectivity index (χ2n) is 5.77. The van der Waals surface area contributed by atoms with Gasteiger partial charge in [0, 0.05) is 5.56 Å². The number of oxime groups is 1. The molecule has 9 nitrogen and oxygen atoms in total. The van der Waals surface area contributed by atoms with Crippen LogP contribution in [0.1, 0.15) is 29.9 Å². The first-order valence-electron chi connectivity index (χ1n) is 7.97. The van der Waals surface area contributed by atoms with Gasteiger partial charge in [-0.3, -0.25) is 9.48 Å². The Balaban J connectivity index is 2.02. The Kier molecular flexibility index (Phi) is 6.40. The molecular weight excluding hydrogens is 374 g/mol. The first-order chi connectivity index (χ1) is 12.7. The van der Waals surface area contributed by atoms with Crippen LogP contribution in [0.3, 0.4) is 0 Å². The van der Waals surface area contributed by atoms with Gasteiger partial charge in [-0.05, 0) is 45.0 Å². The van der Waals surface area contributed by atoms with Gasteiger partial charge < -0.3 is 21.0 Å². The zero-order valence-electron chi connectivity index (χ0n) is 15.1. The minimum atomic E-state index is -0.725. The number of amidine groups is 1. The molecule has 1 aromatic heterocycles. The van der Waals surface area contributed by atoms with Crippen molar-refractivity contribution >= 4 is 29.3 Å². The molecule has 2 rings (SSSR count). The van der Waals surface area contributed by atoms with Crippen LogP contribution in [0.25, 0.3) is 0 Å². The summed E-state index contributed by atoms with van der Waals surface area (Å²) in [5.41, 5.74) is 12.6. The van der Waals surface area contributed by atoms with E-state index in [1.807, 2.05) is 0 Å². The second kappa shape index (κ2) is 8.54. The van der Waals surface area contributed by atoms with E-state index in [9.17, 15) is 9.59 Å². The summed E-state index contributed by atoms with van der Waals surface area (Å²) in [5, 5.41) is 8.37. The largest absolute Gasteiger partial charge is 0.484 e. The molecular formula is C17H20ClN5O4. The highest BCUT2D eigenvalue weighted by molar-refractivity contribution is 6.31. The van der Waals surface area contributed by atoms with Crippen LogP contribution < -0.4 is 16.2 Å². The van der Waals surface area contributed by atoms with Gasteiger partial charge >= 0.3 is 5.97 Å². The molecule has 10 heteroatoms. The van der Waals surface area contributed by atoms with E-state index in [4.69, 9.17) is 32.6 Å². The predicted molar refractivity (Wildman–Crippen MR) is 99.4 cm³/mol. The molecule has 1 amide bonds. The van der Waals surface area contributed by atoms with E-state index in [0.29, 0.717) is 27.7 Å². The Bertz CT molecular complexity index is 876. The van der Waals surface area contributed by atoms with Crippen molar-refractivity contribution in [3.63, 3.8) is 0 Å². The van der Waals surface area contributed by atoms with Gasteiger partial charge in [0.1, 0.15) is 11.8 Å². The first-order valence-corrected chi connectivity index (χ1v) is 8.35. The van der Waals surface area contributed by atoms with Crippen LogP contribution in [-0.2, 0) is 14.4 Å². The van der Waals surface area contributed by atoms with Crippen LogP contribution in [0.15, 0.2) is 29.4 Å². The number of nitrogens with zero attached hydrogens (tertiary/aromatic N) is 3. The fraction of sp³-hybridized carbons (Fsp3) is 0.294. The Labute approximate surface area is 160 Å². The normalized spacial score (nSPS) is 12.5. The highest BCUT2D eigenvalue weighted by Gasteiger charge is 2.22. The van der Waals surface area contributed by atoms with E-state index < -0.39 is 17.9 Å². The molecule has 0 aliphatic heterocycles. The summed E-state index contributed by atoms with van der Waals surface area (Å²) in [6.45, 7) is 4.89. The number of halogens is 1. The van der Waals surface area contributed by atoms with Gasteiger partial charge in [0.15, 0.2) is 12.4 Å². The van der Waals surface area contributed by atoms with Crippen molar-refractivity contribution < 1.29 is 19.2 Å². The zero-order chi connectivity index (χ0) is 20.1. The fourth-order valence-corrected chi connectivity index (χ4v) is 2.34. The van der Waals surface area contributed by atoms with E-state index in [1.165, 1.54) is 4.68 Å². The number of benzene rings is 1. The summed E-state index contributed by atoms with van der Waals surface area (Å²) in [6.07, 6.45) is 0. The summed E-state index contributed by atoms with van der Waals surface area (Å²) in [7, 11) is 0. The van der Waals surface area contributed by atoms with Gasteiger partial charge in [-0.2, -0.15) is 5.10 Å². The minimum Gasteiger partial charge on any atom is -0.484 e. The van der Waals surface area contributed by atoms with Crippen LogP contribution in [0.4, 0.5) is 0 Å². The van der Waals surface area contributed by atoms with Crippen LogP contribution in [0, 0.1) is 13.8 Å². The number of carbonyl (C=O) groups excluding carboxylic acids is 2. The van der Waals surface area contributed by atoms with Crippen molar-refractivity contribution in [3.05, 3.63) is 46.2 Å². The zero-order valence-corrected chi connectivity index (χ0v) is 15.9. The predicted octanol–water partition coefficient (Wildman–Crippen LogP) is 1.44. The summed E-state index contributed by atoms with van der Waals surface area (Å²) in [5.74, 6) is -0.771. The van der Waals surface area contributed by atoms with E-state index in [2.05, 4.69) is 10.3 Å². The average Bonchev–Trinajstić information content (AvgIpc) is 2.91. The van der Waals surface area contributed by atoms with Gasteiger partial charge in [0.25, 0.3) is 5.91 Å². The molecule has 4 N–H and O–H groups in total. The first kappa shape index (κ1) is 20.2. The Morgan fingerprint density at radius 2 is 1.89 bits per heavy atom. The van der Waals surface area contributed by atoms with Crippen LogP contribution in [0.5, 0.6) is 5.75 Å². The Morgan fingerprint density at radius 3 is 2.41 bits per heavy atom. The quantitative estimate of drug-likeness (QED) is 0.316. The molecule has 0 aliphatic rings. The molecule has 0 saturated heterocycles. The third-order valence-electron chi connectivity index (χ3n) is 3.71. The van der Waals surface area contributed by atoms with E-state index in [0.717, 1.165) is 0 Å². The third-order valence-corrected chi connectivity index (χ3v) is 4.26. The highest BCUT2D eigenvalue weighted by Crippen LogP contribution is 2.22. The maximum Gasteiger partial charge on any atom is 0.359 e. The van der Waals surface area contributed by atoms with E-state index in [1.54, 1.807) is 45.0 Å². The number of primary amides is 1. The van der Waals surface area contributed by atoms with Crippen molar-refractivity contribution in [1.29, 1.82) is 0 Å².